The summed E-state index contributed by atoms with van der Waals surface area (Å²) >= 11 is 5.95. The fraction of sp³-hybridized carbons (Fsp3) is 0.387. The summed E-state index contributed by atoms with van der Waals surface area (Å²) in [6, 6.07) is 20.1. The highest BCUT2D eigenvalue weighted by Crippen LogP contribution is 2.21. The maximum absolute atomic E-state index is 13.8. The molecule has 3 amide bonds. The summed E-state index contributed by atoms with van der Waals surface area (Å²) in [7, 11) is 1.60. The van der Waals surface area contributed by atoms with Crippen molar-refractivity contribution in [2.45, 2.75) is 50.2 Å². The first kappa shape index (κ1) is 29.5. The Hall–Kier alpha value is -3.46. The fourth-order valence-corrected chi connectivity index (χ4v) is 5.36. The maximum atomic E-state index is 13.8. The minimum Gasteiger partial charge on any atom is -0.357 e. The van der Waals surface area contributed by atoms with Crippen LogP contribution < -0.4 is 21.7 Å². The van der Waals surface area contributed by atoms with Crippen LogP contribution in [0.3, 0.4) is 0 Å². The summed E-state index contributed by atoms with van der Waals surface area (Å²) in [5.74, 6) is -0.416. The number of benzene rings is 3. The van der Waals surface area contributed by atoms with Gasteiger partial charge < -0.3 is 26.6 Å². The summed E-state index contributed by atoms with van der Waals surface area (Å²) in [5.41, 5.74) is 7.64. The number of nitrogens with two attached hydrogens (primary N) is 1. The van der Waals surface area contributed by atoms with Gasteiger partial charge in [0.2, 0.25) is 17.7 Å². The van der Waals surface area contributed by atoms with E-state index in [0.717, 1.165) is 21.9 Å². The molecule has 0 saturated carbocycles. The van der Waals surface area contributed by atoms with Crippen LogP contribution in [0.1, 0.15) is 30.4 Å². The zero-order valence-electron chi connectivity index (χ0n) is 22.9. The lowest BCUT2D eigenvalue weighted by Crippen LogP contribution is -2.54. The summed E-state index contributed by atoms with van der Waals surface area (Å²) in [4.78, 5) is 41.3. The number of amides is 3. The lowest BCUT2D eigenvalue weighted by molar-refractivity contribution is -0.141. The molecule has 5 N–H and O–H groups in total. The first-order valence-electron chi connectivity index (χ1n) is 13.8. The van der Waals surface area contributed by atoms with Crippen molar-refractivity contribution in [3.8, 4) is 0 Å². The predicted octanol–water partition coefficient (Wildman–Crippen LogP) is 2.81. The Balaban J connectivity index is 1.48. The smallest absolute Gasteiger partial charge is 0.242 e. The first-order valence-corrected chi connectivity index (χ1v) is 14.2. The highest BCUT2D eigenvalue weighted by molar-refractivity contribution is 6.30. The third-order valence-corrected chi connectivity index (χ3v) is 7.68. The number of rotatable bonds is 11. The molecular weight excluding hydrogens is 526 g/mol. The van der Waals surface area contributed by atoms with Gasteiger partial charge in [0, 0.05) is 37.6 Å². The molecule has 3 atom stereocenters. The predicted molar refractivity (Wildman–Crippen MR) is 159 cm³/mol. The number of hydrogen-bond donors (Lipinski definition) is 4. The minimum atomic E-state index is -0.654. The van der Waals surface area contributed by atoms with Crippen LogP contribution in [0, 0.1) is 0 Å². The molecule has 8 nitrogen and oxygen atoms in total. The van der Waals surface area contributed by atoms with Crippen molar-refractivity contribution in [3.63, 3.8) is 0 Å². The lowest BCUT2D eigenvalue weighted by Gasteiger charge is -2.31. The molecule has 1 heterocycles. The van der Waals surface area contributed by atoms with E-state index >= 15 is 0 Å². The molecule has 212 valence electrons. The number of halogens is 1. The van der Waals surface area contributed by atoms with Crippen LogP contribution >= 0.6 is 11.6 Å². The van der Waals surface area contributed by atoms with Crippen LogP contribution in [0.15, 0.2) is 66.7 Å². The molecule has 1 aliphatic rings. The van der Waals surface area contributed by atoms with Crippen LogP contribution in [-0.2, 0) is 27.2 Å². The molecule has 0 aliphatic carbocycles. The van der Waals surface area contributed by atoms with Crippen molar-refractivity contribution in [1.82, 2.24) is 20.9 Å². The van der Waals surface area contributed by atoms with Crippen LogP contribution in [0.4, 0.5) is 0 Å². The van der Waals surface area contributed by atoms with Gasteiger partial charge in [0.15, 0.2) is 0 Å². The van der Waals surface area contributed by atoms with E-state index in [9.17, 15) is 14.4 Å². The topological polar surface area (TPSA) is 117 Å². The van der Waals surface area contributed by atoms with Crippen molar-refractivity contribution in [1.29, 1.82) is 0 Å². The normalized spacial score (nSPS) is 18.3. The van der Waals surface area contributed by atoms with E-state index in [1.165, 1.54) is 0 Å². The van der Waals surface area contributed by atoms with Gasteiger partial charge in [-0.2, -0.15) is 0 Å². The van der Waals surface area contributed by atoms with E-state index in [4.69, 9.17) is 17.3 Å². The number of nitrogens with one attached hydrogen (secondary N) is 3. The number of carbonyl (C=O) groups is 3. The zero-order chi connectivity index (χ0) is 28.5. The van der Waals surface area contributed by atoms with Crippen LogP contribution in [-0.4, -0.2) is 67.4 Å². The van der Waals surface area contributed by atoms with E-state index in [2.05, 4.69) is 28.1 Å². The lowest BCUT2D eigenvalue weighted by atomic mass is 9.99. The Morgan fingerprint density at radius 2 is 1.80 bits per heavy atom. The van der Waals surface area contributed by atoms with Crippen molar-refractivity contribution in [3.05, 3.63) is 82.9 Å². The van der Waals surface area contributed by atoms with E-state index in [1.54, 1.807) is 24.1 Å². The molecule has 0 aromatic heterocycles. The number of nitrogens with zero attached hydrogens (tertiary/aromatic N) is 1. The maximum Gasteiger partial charge on any atom is 0.242 e. The van der Waals surface area contributed by atoms with Gasteiger partial charge in [-0.05, 0) is 59.8 Å². The monoisotopic (exact) mass is 563 g/mol. The Labute approximate surface area is 240 Å². The standard InChI is InChI=1S/C31H38ClN5O3/c1-34-30(39)28(18-22-8-11-23-5-2-3-6-24(23)17-22)37-16-14-26(36-27(31(37)40)7-4-15-33)20-35-29(38)19-21-9-12-25(32)13-10-21/h2-3,5-6,8-13,17,26-28,36H,4,7,14-16,18-20,33H2,1H3,(H,34,39)(H,35,38)/t26-,27+,28+/m1/s1. The van der Waals surface area contributed by atoms with E-state index in [1.807, 2.05) is 42.5 Å². The largest absolute Gasteiger partial charge is 0.357 e. The van der Waals surface area contributed by atoms with E-state index < -0.39 is 12.1 Å². The van der Waals surface area contributed by atoms with Gasteiger partial charge in [0.1, 0.15) is 6.04 Å². The van der Waals surface area contributed by atoms with E-state index in [-0.39, 0.29) is 30.2 Å². The SMILES string of the molecule is CNC(=O)[C@H](Cc1ccc2ccccc2c1)N1CC[C@H](CNC(=O)Cc2ccc(Cl)cc2)N[C@@H](CCCN)C1=O. The van der Waals surface area contributed by atoms with Crippen molar-refractivity contribution < 1.29 is 14.4 Å². The number of fused-ring (bicyclic) bond motifs is 1. The molecule has 40 heavy (non-hydrogen) atoms. The number of likely N-dealkylation sites (N-methyl/N-ethyl adjacent to an activating group) is 1. The fourth-order valence-electron chi connectivity index (χ4n) is 5.23. The highest BCUT2D eigenvalue weighted by atomic mass is 35.5. The van der Waals surface area contributed by atoms with Crippen LogP contribution in [0.2, 0.25) is 5.02 Å². The Morgan fingerprint density at radius 3 is 2.52 bits per heavy atom. The summed E-state index contributed by atoms with van der Waals surface area (Å²) < 4.78 is 0. The first-order chi connectivity index (χ1) is 19.4. The van der Waals surface area contributed by atoms with Gasteiger partial charge in [-0.15, -0.1) is 0 Å². The van der Waals surface area contributed by atoms with Crippen molar-refractivity contribution in [2.24, 2.45) is 5.73 Å². The summed E-state index contributed by atoms with van der Waals surface area (Å²) in [6.45, 7) is 1.24. The summed E-state index contributed by atoms with van der Waals surface area (Å²) in [5, 5.41) is 12.0. The van der Waals surface area contributed by atoms with Gasteiger partial charge in [-0.1, -0.05) is 66.2 Å². The second-order valence-corrected chi connectivity index (χ2v) is 10.7. The Morgan fingerprint density at radius 1 is 1.07 bits per heavy atom. The second kappa shape index (κ2) is 14.3. The molecular formula is C31H38ClN5O3. The number of carbonyl (C=O) groups excluding carboxylic acids is 3. The molecule has 0 unspecified atom stereocenters. The number of hydrogen-bond acceptors (Lipinski definition) is 5. The van der Waals surface area contributed by atoms with Gasteiger partial charge in [0.05, 0.1) is 12.5 Å². The van der Waals surface area contributed by atoms with Crippen LogP contribution in [0.25, 0.3) is 10.8 Å². The average Bonchev–Trinajstić information content (AvgIpc) is 3.12. The quantitative estimate of drug-likeness (QED) is 0.286. The summed E-state index contributed by atoms with van der Waals surface area (Å²) in [6.07, 6.45) is 2.47. The Bertz CT molecular complexity index is 1320. The zero-order valence-corrected chi connectivity index (χ0v) is 23.6. The molecule has 3 aromatic rings. The molecule has 3 aromatic carbocycles. The average molecular weight is 564 g/mol. The van der Waals surface area contributed by atoms with Crippen molar-refractivity contribution >= 4 is 40.1 Å². The Kier molecular flexibility index (Phi) is 10.5. The van der Waals surface area contributed by atoms with E-state index in [0.29, 0.717) is 50.3 Å². The van der Waals surface area contributed by atoms with Gasteiger partial charge >= 0.3 is 0 Å². The minimum absolute atomic E-state index is 0.102. The molecule has 4 rings (SSSR count). The molecule has 0 bridgehead atoms. The third kappa shape index (κ3) is 7.81. The third-order valence-electron chi connectivity index (χ3n) is 7.43. The van der Waals surface area contributed by atoms with Gasteiger partial charge in [-0.3, -0.25) is 14.4 Å². The second-order valence-electron chi connectivity index (χ2n) is 10.3. The van der Waals surface area contributed by atoms with Gasteiger partial charge in [0.25, 0.3) is 0 Å². The van der Waals surface area contributed by atoms with Crippen LogP contribution in [0.5, 0.6) is 0 Å². The van der Waals surface area contributed by atoms with Crippen molar-refractivity contribution in [2.75, 3.05) is 26.7 Å². The van der Waals surface area contributed by atoms with Gasteiger partial charge in [-0.25, -0.2) is 0 Å². The molecule has 1 saturated heterocycles. The molecule has 1 fully saturated rings. The molecule has 1 aliphatic heterocycles. The molecule has 0 spiro atoms. The highest BCUT2D eigenvalue weighted by Gasteiger charge is 2.37. The molecule has 0 radical (unpaired) electrons. The molecule has 9 heteroatoms.